The summed E-state index contributed by atoms with van der Waals surface area (Å²) in [5, 5.41) is 0.608. The van der Waals surface area contributed by atoms with Gasteiger partial charge in [-0.15, -0.1) is 0 Å². The van der Waals surface area contributed by atoms with Gasteiger partial charge in [0.1, 0.15) is 10.3 Å². The molecule has 0 saturated heterocycles. The van der Waals surface area contributed by atoms with Crippen molar-refractivity contribution in [3.8, 4) is 17.1 Å². The number of hydrogen-bond acceptors (Lipinski definition) is 3. The maximum atomic E-state index is 13.7. The minimum Gasteiger partial charge on any atom is -0.494 e. The molecule has 106 valence electrons. The molecule has 0 fully saturated rings. The van der Waals surface area contributed by atoms with Crippen LogP contribution in [-0.4, -0.2) is 17.1 Å². The highest BCUT2D eigenvalue weighted by atomic mass is 35.5. The predicted molar refractivity (Wildman–Crippen MR) is 78.0 cm³/mol. The highest BCUT2D eigenvalue weighted by molar-refractivity contribution is 6.34. The number of rotatable bonds is 4. The van der Waals surface area contributed by atoms with E-state index in [2.05, 4.69) is 9.97 Å². The molecule has 0 unspecified atom stereocenters. The van der Waals surface area contributed by atoms with Gasteiger partial charge in [-0.2, -0.15) is 0 Å². The normalized spacial score (nSPS) is 10.7. The summed E-state index contributed by atoms with van der Waals surface area (Å²) in [6, 6.07) is 4.46. The highest BCUT2D eigenvalue weighted by Gasteiger charge is 2.13. The zero-order valence-electron chi connectivity index (χ0n) is 11.1. The molecule has 1 aromatic carbocycles. The molecule has 0 aliphatic carbocycles. The van der Waals surface area contributed by atoms with E-state index < -0.39 is 5.82 Å². The van der Waals surface area contributed by atoms with Crippen LogP contribution in [0.3, 0.4) is 0 Å². The summed E-state index contributed by atoms with van der Waals surface area (Å²) in [6.07, 6.45) is 1.59. The lowest BCUT2D eigenvalue weighted by Gasteiger charge is -2.08. The molecule has 3 nitrogen and oxygen atoms in total. The fourth-order valence-electron chi connectivity index (χ4n) is 1.82. The first-order valence-electron chi connectivity index (χ1n) is 6.12. The van der Waals surface area contributed by atoms with E-state index in [1.807, 2.05) is 6.92 Å². The Labute approximate surface area is 126 Å². The summed E-state index contributed by atoms with van der Waals surface area (Å²) < 4.78 is 18.6. The van der Waals surface area contributed by atoms with Gasteiger partial charge in [0.05, 0.1) is 7.11 Å². The van der Waals surface area contributed by atoms with Gasteiger partial charge in [-0.05, 0) is 24.6 Å². The van der Waals surface area contributed by atoms with Crippen LogP contribution in [0.15, 0.2) is 18.2 Å². The molecule has 0 spiro atoms. The molecule has 0 atom stereocenters. The molecule has 0 aliphatic heterocycles. The Morgan fingerprint density at radius 1 is 1.20 bits per heavy atom. The molecule has 20 heavy (non-hydrogen) atoms. The molecule has 1 aromatic heterocycles. The Morgan fingerprint density at radius 2 is 1.85 bits per heavy atom. The molecule has 0 N–H and O–H groups in total. The first-order valence-corrected chi connectivity index (χ1v) is 6.88. The second-order valence-corrected chi connectivity index (χ2v) is 4.92. The summed E-state index contributed by atoms with van der Waals surface area (Å²) in [4.78, 5) is 8.36. The van der Waals surface area contributed by atoms with Crippen molar-refractivity contribution in [2.45, 2.75) is 19.8 Å². The lowest BCUT2D eigenvalue weighted by molar-refractivity contribution is 0.386. The quantitative estimate of drug-likeness (QED) is 0.776. The number of hydrogen-bond donors (Lipinski definition) is 0. The summed E-state index contributed by atoms with van der Waals surface area (Å²) in [7, 11) is 1.40. The Morgan fingerprint density at radius 3 is 2.35 bits per heavy atom. The van der Waals surface area contributed by atoms with Crippen LogP contribution in [0.5, 0.6) is 5.75 Å². The van der Waals surface area contributed by atoms with Crippen LogP contribution in [0.4, 0.5) is 4.39 Å². The van der Waals surface area contributed by atoms with Crippen molar-refractivity contribution in [3.63, 3.8) is 0 Å². The fourth-order valence-corrected chi connectivity index (χ4v) is 2.40. The molecule has 0 saturated carbocycles. The number of aromatic nitrogens is 2. The van der Waals surface area contributed by atoms with Gasteiger partial charge in [0, 0.05) is 11.1 Å². The van der Waals surface area contributed by atoms with Crippen molar-refractivity contribution in [1.29, 1.82) is 0 Å². The molecular weight excluding hydrogens is 302 g/mol. The monoisotopic (exact) mass is 314 g/mol. The smallest absolute Gasteiger partial charge is 0.165 e. The average Bonchev–Trinajstić information content (AvgIpc) is 2.42. The predicted octanol–water partition coefficient (Wildman–Crippen LogP) is 4.55. The van der Waals surface area contributed by atoms with Crippen LogP contribution in [0.1, 0.15) is 18.9 Å². The molecule has 6 heteroatoms. The molecule has 2 rings (SSSR count). The minimum atomic E-state index is -0.488. The number of methoxy groups -OCH3 is 1. The van der Waals surface area contributed by atoms with Crippen LogP contribution in [0.2, 0.25) is 10.3 Å². The number of ether oxygens (including phenoxy) is 1. The Kier molecular flexibility index (Phi) is 4.78. The van der Waals surface area contributed by atoms with Crippen molar-refractivity contribution >= 4 is 23.2 Å². The lowest BCUT2D eigenvalue weighted by atomic mass is 10.1. The SMILES string of the molecule is CCCc1c(Cl)nc(-c2ccc(OC)c(F)c2)nc1Cl. The molecule has 0 aliphatic rings. The van der Waals surface area contributed by atoms with Crippen molar-refractivity contribution in [2.24, 2.45) is 0 Å². The summed E-state index contributed by atoms with van der Waals surface area (Å²) in [5.41, 5.74) is 1.21. The van der Waals surface area contributed by atoms with Gasteiger partial charge in [-0.3, -0.25) is 0 Å². The summed E-state index contributed by atoms with van der Waals surface area (Å²) >= 11 is 12.2. The number of halogens is 3. The van der Waals surface area contributed by atoms with Gasteiger partial charge in [-0.1, -0.05) is 36.5 Å². The average molecular weight is 315 g/mol. The number of nitrogens with zero attached hydrogens (tertiary/aromatic N) is 2. The second-order valence-electron chi connectivity index (χ2n) is 4.21. The topological polar surface area (TPSA) is 35.0 Å². The lowest BCUT2D eigenvalue weighted by Crippen LogP contribution is -1.98. The Hall–Kier alpha value is -1.39. The van der Waals surface area contributed by atoms with Crippen LogP contribution in [0.25, 0.3) is 11.4 Å². The molecular formula is C14H13Cl2FN2O. The highest BCUT2D eigenvalue weighted by Crippen LogP contribution is 2.28. The van der Waals surface area contributed by atoms with Crippen molar-refractivity contribution < 1.29 is 9.13 Å². The Bertz CT molecular complexity index is 612. The maximum absolute atomic E-state index is 13.7. The van der Waals surface area contributed by atoms with E-state index in [1.54, 1.807) is 6.07 Å². The first-order chi connectivity index (χ1) is 9.56. The molecule has 1 heterocycles. The third-order valence-electron chi connectivity index (χ3n) is 2.82. The van der Waals surface area contributed by atoms with E-state index in [4.69, 9.17) is 27.9 Å². The van der Waals surface area contributed by atoms with Crippen LogP contribution in [0, 0.1) is 5.82 Å². The zero-order valence-corrected chi connectivity index (χ0v) is 12.6. The van der Waals surface area contributed by atoms with E-state index in [-0.39, 0.29) is 5.75 Å². The third kappa shape index (κ3) is 3.02. The molecule has 0 bridgehead atoms. The van der Waals surface area contributed by atoms with Gasteiger partial charge in [0.25, 0.3) is 0 Å². The van der Waals surface area contributed by atoms with Gasteiger partial charge < -0.3 is 4.74 Å². The van der Waals surface area contributed by atoms with E-state index in [9.17, 15) is 4.39 Å². The van der Waals surface area contributed by atoms with Crippen molar-refractivity contribution in [3.05, 3.63) is 39.9 Å². The van der Waals surface area contributed by atoms with Crippen LogP contribution in [-0.2, 0) is 6.42 Å². The van der Waals surface area contributed by atoms with Crippen molar-refractivity contribution in [2.75, 3.05) is 7.11 Å². The number of benzene rings is 1. The standard InChI is InChI=1S/C14H13Cl2FN2O/c1-3-4-9-12(15)18-14(19-13(9)16)8-5-6-11(20-2)10(17)7-8/h5-7H,3-4H2,1-2H3. The largest absolute Gasteiger partial charge is 0.494 e. The summed E-state index contributed by atoms with van der Waals surface area (Å²) in [6.45, 7) is 2.01. The van der Waals surface area contributed by atoms with Crippen LogP contribution >= 0.6 is 23.2 Å². The van der Waals surface area contributed by atoms with Gasteiger partial charge in [-0.25, -0.2) is 14.4 Å². The second kappa shape index (κ2) is 6.37. The van der Waals surface area contributed by atoms with Crippen LogP contribution < -0.4 is 4.74 Å². The zero-order chi connectivity index (χ0) is 14.7. The molecule has 0 amide bonds. The van der Waals surface area contributed by atoms with E-state index in [0.717, 1.165) is 6.42 Å². The van der Waals surface area contributed by atoms with E-state index in [0.29, 0.717) is 33.7 Å². The van der Waals surface area contributed by atoms with Crippen molar-refractivity contribution in [1.82, 2.24) is 9.97 Å². The van der Waals surface area contributed by atoms with Gasteiger partial charge >= 0.3 is 0 Å². The van der Waals surface area contributed by atoms with Gasteiger partial charge in [0.2, 0.25) is 0 Å². The maximum Gasteiger partial charge on any atom is 0.165 e. The van der Waals surface area contributed by atoms with Gasteiger partial charge in [0.15, 0.2) is 17.4 Å². The molecule has 0 radical (unpaired) electrons. The third-order valence-corrected chi connectivity index (χ3v) is 3.44. The van der Waals surface area contributed by atoms with E-state index >= 15 is 0 Å². The first kappa shape index (κ1) is 15.0. The summed E-state index contributed by atoms with van der Waals surface area (Å²) in [5.74, 6) is -0.0339. The molecule has 2 aromatic rings. The Balaban J connectivity index is 2.46. The van der Waals surface area contributed by atoms with E-state index in [1.165, 1.54) is 19.2 Å². The minimum absolute atomic E-state index is 0.161. The fraction of sp³-hybridized carbons (Fsp3) is 0.286.